The normalized spacial score (nSPS) is 11.6. The quantitative estimate of drug-likeness (QED) is 0.612. The van der Waals surface area contributed by atoms with Crippen LogP contribution in [0.25, 0.3) is 0 Å². The molecule has 2 amide bonds. The minimum absolute atomic E-state index is 0.177. The largest absolute Gasteiger partial charge is 0.480 e. The van der Waals surface area contributed by atoms with E-state index in [1.54, 1.807) is 18.0 Å². The van der Waals surface area contributed by atoms with Gasteiger partial charge in [-0.25, -0.2) is 4.79 Å². The molecular formula is C16H23N3O4S. The number of hydrogen-bond donors (Lipinski definition) is 2. The van der Waals surface area contributed by atoms with Gasteiger partial charge in [0.25, 0.3) is 0 Å². The van der Waals surface area contributed by atoms with Crippen molar-refractivity contribution in [1.29, 1.82) is 0 Å². The Morgan fingerprint density at radius 3 is 2.71 bits per heavy atom. The lowest BCUT2D eigenvalue weighted by atomic mass is 10.2. The zero-order valence-corrected chi connectivity index (χ0v) is 14.7. The number of amides is 2. The summed E-state index contributed by atoms with van der Waals surface area (Å²) < 4.78 is 0. The number of pyridine rings is 1. The number of aromatic nitrogens is 1. The van der Waals surface area contributed by atoms with E-state index in [4.69, 9.17) is 5.11 Å². The Morgan fingerprint density at radius 2 is 2.12 bits per heavy atom. The van der Waals surface area contributed by atoms with Crippen molar-refractivity contribution in [2.24, 2.45) is 0 Å². The van der Waals surface area contributed by atoms with Crippen LogP contribution in [0.1, 0.15) is 26.0 Å². The fourth-order valence-corrected chi connectivity index (χ4v) is 2.83. The van der Waals surface area contributed by atoms with Crippen molar-refractivity contribution in [1.82, 2.24) is 15.2 Å². The number of carboxylic acid groups (broad SMARTS) is 1. The van der Waals surface area contributed by atoms with E-state index >= 15 is 0 Å². The van der Waals surface area contributed by atoms with E-state index in [9.17, 15) is 14.4 Å². The van der Waals surface area contributed by atoms with Crippen LogP contribution in [0, 0.1) is 0 Å². The molecule has 7 nitrogen and oxygen atoms in total. The summed E-state index contributed by atoms with van der Waals surface area (Å²) in [5, 5.41) is 11.7. The second kappa shape index (κ2) is 10.6. The van der Waals surface area contributed by atoms with Gasteiger partial charge in [-0.2, -0.15) is 11.8 Å². The highest BCUT2D eigenvalue weighted by Gasteiger charge is 2.24. The lowest BCUT2D eigenvalue weighted by Gasteiger charge is -2.26. The second-order valence-corrected chi connectivity index (χ2v) is 6.31. The molecule has 0 spiro atoms. The van der Waals surface area contributed by atoms with Crippen molar-refractivity contribution in [3.05, 3.63) is 30.1 Å². The molecule has 0 aliphatic heterocycles. The predicted molar refractivity (Wildman–Crippen MR) is 92.5 cm³/mol. The van der Waals surface area contributed by atoms with Gasteiger partial charge >= 0.3 is 5.97 Å². The topological polar surface area (TPSA) is 99.6 Å². The molecule has 0 bridgehead atoms. The lowest BCUT2D eigenvalue weighted by Crippen LogP contribution is -2.46. The van der Waals surface area contributed by atoms with E-state index < -0.39 is 12.0 Å². The number of nitrogens with zero attached hydrogens (tertiary/aromatic N) is 2. The van der Waals surface area contributed by atoms with Crippen LogP contribution in [-0.2, 0) is 20.1 Å². The van der Waals surface area contributed by atoms with Crippen molar-refractivity contribution >= 4 is 29.5 Å². The third kappa shape index (κ3) is 7.45. The standard InChI is InChI=1S/C16H23N3O4S/c1-12(16(22)23)19(9-8-17-13(2)20)15(21)6-10-24-11-14-5-3-4-7-18-14/h3-5,7,12H,6,8-11H2,1-2H3,(H,17,20)(H,22,23). The highest BCUT2D eigenvalue weighted by molar-refractivity contribution is 7.98. The number of carbonyl (C=O) groups is 3. The molecule has 1 atom stereocenters. The number of carboxylic acids is 1. The average molecular weight is 353 g/mol. The summed E-state index contributed by atoms with van der Waals surface area (Å²) in [6.45, 7) is 3.26. The van der Waals surface area contributed by atoms with Crippen molar-refractivity contribution in [2.75, 3.05) is 18.8 Å². The molecule has 1 unspecified atom stereocenters. The summed E-state index contributed by atoms with van der Waals surface area (Å²) in [6.07, 6.45) is 1.97. The number of carbonyl (C=O) groups excluding carboxylic acids is 2. The minimum Gasteiger partial charge on any atom is -0.480 e. The predicted octanol–water partition coefficient (Wildman–Crippen LogP) is 1.14. The van der Waals surface area contributed by atoms with Crippen molar-refractivity contribution in [2.45, 2.75) is 32.1 Å². The fraction of sp³-hybridized carbons (Fsp3) is 0.500. The third-order valence-electron chi connectivity index (χ3n) is 3.31. The molecule has 1 aromatic heterocycles. The first-order chi connectivity index (χ1) is 11.4. The molecule has 2 N–H and O–H groups in total. The summed E-state index contributed by atoms with van der Waals surface area (Å²) in [5.41, 5.74) is 0.941. The highest BCUT2D eigenvalue weighted by Crippen LogP contribution is 2.12. The monoisotopic (exact) mass is 353 g/mol. The number of hydrogen-bond acceptors (Lipinski definition) is 5. The van der Waals surface area contributed by atoms with E-state index in [-0.39, 0.29) is 31.3 Å². The maximum atomic E-state index is 12.3. The van der Waals surface area contributed by atoms with Crippen LogP contribution in [0.4, 0.5) is 0 Å². The number of nitrogens with one attached hydrogen (secondary N) is 1. The van der Waals surface area contributed by atoms with Gasteiger partial charge in [0.1, 0.15) is 6.04 Å². The average Bonchev–Trinajstić information content (AvgIpc) is 2.55. The molecule has 0 saturated heterocycles. The van der Waals surface area contributed by atoms with Crippen LogP contribution >= 0.6 is 11.8 Å². The van der Waals surface area contributed by atoms with Gasteiger partial charge in [-0.15, -0.1) is 0 Å². The zero-order chi connectivity index (χ0) is 17.9. The summed E-state index contributed by atoms with van der Waals surface area (Å²) >= 11 is 1.57. The molecule has 1 heterocycles. The SMILES string of the molecule is CC(=O)NCCN(C(=O)CCSCc1ccccn1)C(C)C(=O)O. The molecule has 0 aliphatic carbocycles. The zero-order valence-electron chi connectivity index (χ0n) is 13.9. The fourth-order valence-electron chi connectivity index (χ4n) is 1.98. The Bertz CT molecular complexity index is 554. The van der Waals surface area contributed by atoms with Gasteiger partial charge in [0, 0.05) is 44.1 Å². The van der Waals surface area contributed by atoms with Gasteiger partial charge in [0.05, 0.1) is 5.69 Å². The number of aliphatic carboxylic acids is 1. The Morgan fingerprint density at radius 1 is 1.38 bits per heavy atom. The molecule has 0 aliphatic rings. The molecule has 1 aromatic rings. The minimum atomic E-state index is -1.06. The molecule has 24 heavy (non-hydrogen) atoms. The summed E-state index contributed by atoms with van der Waals surface area (Å²) in [5.74, 6) is -0.222. The van der Waals surface area contributed by atoms with Crippen LogP contribution in [0.15, 0.2) is 24.4 Å². The lowest BCUT2D eigenvalue weighted by molar-refractivity contribution is -0.149. The number of thioether (sulfide) groups is 1. The van der Waals surface area contributed by atoms with E-state index in [0.717, 1.165) is 5.69 Å². The van der Waals surface area contributed by atoms with Gasteiger partial charge in [0.15, 0.2) is 0 Å². The summed E-state index contributed by atoms with van der Waals surface area (Å²) in [7, 11) is 0. The molecule has 0 fully saturated rings. The highest BCUT2D eigenvalue weighted by atomic mass is 32.2. The maximum Gasteiger partial charge on any atom is 0.326 e. The van der Waals surface area contributed by atoms with Gasteiger partial charge in [-0.3, -0.25) is 14.6 Å². The smallest absolute Gasteiger partial charge is 0.326 e. The molecule has 0 radical (unpaired) electrons. The Kier molecular flexibility index (Phi) is 8.85. The summed E-state index contributed by atoms with van der Waals surface area (Å²) in [4.78, 5) is 39.9. The second-order valence-electron chi connectivity index (χ2n) is 5.21. The Balaban J connectivity index is 2.44. The van der Waals surface area contributed by atoms with Crippen LogP contribution in [-0.4, -0.2) is 57.7 Å². The Labute approximate surface area is 145 Å². The van der Waals surface area contributed by atoms with Crippen LogP contribution in [0.5, 0.6) is 0 Å². The van der Waals surface area contributed by atoms with Gasteiger partial charge < -0.3 is 15.3 Å². The maximum absolute atomic E-state index is 12.3. The van der Waals surface area contributed by atoms with Gasteiger partial charge in [-0.05, 0) is 19.1 Å². The first-order valence-corrected chi connectivity index (χ1v) is 8.81. The van der Waals surface area contributed by atoms with Gasteiger partial charge in [0.2, 0.25) is 11.8 Å². The first kappa shape index (κ1) is 20.0. The first-order valence-electron chi connectivity index (χ1n) is 7.66. The third-order valence-corrected chi connectivity index (χ3v) is 4.30. The van der Waals surface area contributed by atoms with Crippen molar-refractivity contribution < 1.29 is 19.5 Å². The molecule has 132 valence electrons. The van der Waals surface area contributed by atoms with Crippen molar-refractivity contribution in [3.63, 3.8) is 0 Å². The van der Waals surface area contributed by atoms with E-state index in [1.165, 1.54) is 18.7 Å². The van der Waals surface area contributed by atoms with E-state index in [0.29, 0.717) is 11.5 Å². The summed E-state index contributed by atoms with van der Waals surface area (Å²) in [6, 6.07) is 4.75. The van der Waals surface area contributed by atoms with Crippen LogP contribution in [0.3, 0.4) is 0 Å². The molecule has 0 aromatic carbocycles. The molecule has 0 saturated carbocycles. The number of rotatable bonds is 10. The van der Waals surface area contributed by atoms with Crippen molar-refractivity contribution in [3.8, 4) is 0 Å². The van der Waals surface area contributed by atoms with Gasteiger partial charge in [-0.1, -0.05) is 6.07 Å². The molecule has 8 heteroatoms. The van der Waals surface area contributed by atoms with E-state index in [2.05, 4.69) is 10.3 Å². The molecular weight excluding hydrogens is 330 g/mol. The van der Waals surface area contributed by atoms with Crippen LogP contribution < -0.4 is 5.32 Å². The molecule has 1 rings (SSSR count). The Hall–Kier alpha value is -2.09. The van der Waals surface area contributed by atoms with Crippen LogP contribution in [0.2, 0.25) is 0 Å². The van der Waals surface area contributed by atoms with E-state index in [1.807, 2.05) is 18.2 Å².